The van der Waals surface area contributed by atoms with Gasteiger partial charge >= 0.3 is 6.03 Å². The number of carbonyl (C=O) groups is 1. The summed E-state index contributed by atoms with van der Waals surface area (Å²) in [5.41, 5.74) is 2.28. The van der Waals surface area contributed by atoms with Crippen molar-refractivity contribution >= 4 is 6.03 Å². The van der Waals surface area contributed by atoms with E-state index in [1.165, 1.54) is 11.1 Å². The van der Waals surface area contributed by atoms with Crippen LogP contribution in [-0.4, -0.2) is 60.3 Å². The quantitative estimate of drug-likeness (QED) is 0.890. The molecule has 1 heterocycles. The van der Waals surface area contributed by atoms with Gasteiger partial charge in [0.2, 0.25) is 0 Å². The Bertz CT molecular complexity index is 578. The van der Waals surface area contributed by atoms with Crippen molar-refractivity contribution in [3.8, 4) is 0 Å². The molecule has 0 bridgehead atoms. The van der Waals surface area contributed by atoms with Gasteiger partial charge in [-0.05, 0) is 45.7 Å². The molecule has 1 aliphatic heterocycles. The van der Waals surface area contributed by atoms with Crippen LogP contribution < -0.4 is 5.32 Å². The second-order valence-corrected chi connectivity index (χ2v) is 7.92. The first-order valence-corrected chi connectivity index (χ1v) is 9.13. The molecular formula is C20H33N3O2. The Morgan fingerprint density at radius 3 is 2.48 bits per heavy atom. The van der Waals surface area contributed by atoms with Gasteiger partial charge in [0, 0.05) is 38.8 Å². The van der Waals surface area contributed by atoms with Crippen LogP contribution in [0, 0.1) is 6.92 Å². The number of urea groups is 1. The maximum atomic E-state index is 12.5. The van der Waals surface area contributed by atoms with Crippen molar-refractivity contribution < 1.29 is 9.53 Å². The van der Waals surface area contributed by atoms with Crippen LogP contribution in [0.2, 0.25) is 0 Å². The SMILES string of the molecule is Cc1ccccc1CN(C)C(=O)NCC(C)(C)N1CC(C)OC(C)C1. The smallest absolute Gasteiger partial charge is 0.317 e. The van der Waals surface area contributed by atoms with Gasteiger partial charge in [-0.15, -0.1) is 0 Å². The summed E-state index contributed by atoms with van der Waals surface area (Å²) in [5.74, 6) is 0. The van der Waals surface area contributed by atoms with E-state index < -0.39 is 0 Å². The molecule has 0 radical (unpaired) electrons. The standard InChI is InChI=1S/C20H33N3O2/c1-15-9-7-8-10-18(15)13-22(6)19(24)21-14-20(4,5)23-11-16(2)25-17(3)12-23/h7-10,16-17H,11-14H2,1-6H3,(H,21,24). The van der Waals surface area contributed by atoms with Crippen LogP contribution in [0.1, 0.15) is 38.8 Å². The Morgan fingerprint density at radius 2 is 1.88 bits per heavy atom. The topological polar surface area (TPSA) is 44.8 Å². The fraction of sp³-hybridized carbons (Fsp3) is 0.650. The number of nitrogens with zero attached hydrogens (tertiary/aromatic N) is 2. The number of carbonyl (C=O) groups excluding carboxylic acids is 1. The van der Waals surface area contributed by atoms with E-state index in [0.717, 1.165) is 13.1 Å². The van der Waals surface area contributed by atoms with E-state index in [0.29, 0.717) is 13.1 Å². The van der Waals surface area contributed by atoms with Crippen molar-refractivity contribution in [3.63, 3.8) is 0 Å². The fourth-order valence-corrected chi connectivity index (χ4v) is 3.33. The Balaban J connectivity index is 1.88. The number of hydrogen-bond acceptors (Lipinski definition) is 3. The summed E-state index contributed by atoms with van der Waals surface area (Å²) in [7, 11) is 1.84. The molecule has 25 heavy (non-hydrogen) atoms. The van der Waals surface area contributed by atoms with E-state index in [4.69, 9.17) is 4.74 Å². The largest absolute Gasteiger partial charge is 0.373 e. The summed E-state index contributed by atoms with van der Waals surface area (Å²) in [6.45, 7) is 13.7. The van der Waals surface area contributed by atoms with Crippen molar-refractivity contribution in [2.75, 3.05) is 26.7 Å². The highest BCUT2D eigenvalue weighted by Crippen LogP contribution is 2.20. The van der Waals surface area contributed by atoms with Crippen LogP contribution in [-0.2, 0) is 11.3 Å². The first-order valence-electron chi connectivity index (χ1n) is 9.13. The van der Waals surface area contributed by atoms with Gasteiger partial charge in [0.1, 0.15) is 0 Å². The Hall–Kier alpha value is -1.59. The zero-order valence-electron chi connectivity index (χ0n) is 16.5. The second kappa shape index (κ2) is 8.19. The van der Waals surface area contributed by atoms with Gasteiger partial charge in [0.25, 0.3) is 0 Å². The minimum absolute atomic E-state index is 0.0364. The van der Waals surface area contributed by atoms with Gasteiger partial charge in [-0.2, -0.15) is 0 Å². The third-order valence-corrected chi connectivity index (χ3v) is 4.96. The third-order valence-electron chi connectivity index (χ3n) is 4.96. The number of hydrogen-bond donors (Lipinski definition) is 1. The Labute approximate surface area is 152 Å². The molecule has 1 aromatic rings. The molecule has 2 unspecified atom stereocenters. The molecule has 1 aromatic carbocycles. The van der Waals surface area contributed by atoms with E-state index >= 15 is 0 Å². The summed E-state index contributed by atoms with van der Waals surface area (Å²) in [4.78, 5) is 16.6. The molecule has 1 aliphatic rings. The molecule has 1 saturated heterocycles. The van der Waals surface area contributed by atoms with Crippen molar-refractivity contribution in [2.45, 2.75) is 58.9 Å². The normalized spacial score (nSPS) is 21.8. The number of benzene rings is 1. The highest BCUT2D eigenvalue weighted by molar-refractivity contribution is 5.74. The van der Waals surface area contributed by atoms with E-state index in [2.05, 4.69) is 57.0 Å². The third kappa shape index (κ3) is 5.44. The average molecular weight is 348 g/mol. The molecule has 5 nitrogen and oxygen atoms in total. The lowest BCUT2D eigenvalue weighted by atomic mass is 10.00. The fourth-order valence-electron chi connectivity index (χ4n) is 3.33. The van der Waals surface area contributed by atoms with Crippen LogP contribution in [0.5, 0.6) is 0 Å². The molecule has 0 saturated carbocycles. The van der Waals surface area contributed by atoms with E-state index in [1.54, 1.807) is 4.90 Å². The van der Waals surface area contributed by atoms with Crippen molar-refractivity contribution in [1.29, 1.82) is 0 Å². The molecule has 2 amide bonds. The molecule has 2 atom stereocenters. The van der Waals surface area contributed by atoms with Crippen molar-refractivity contribution in [3.05, 3.63) is 35.4 Å². The van der Waals surface area contributed by atoms with Gasteiger partial charge in [-0.1, -0.05) is 24.3 Å². The van der Waals surface area contributed by atoms with E-state index in [9.17, 15) is 4.79 Å². The Morgan fingerprint density at radius 1 is 1.28 bits per heavy atom. The highest BCUT2D eigenvalue weighted by atomic mass is 16.5. The van der Waals surface area contributed by atoms with Crippen molar-refractivity contribution in [1.82, 2.24) is 15.1 Å². The van der Waals surface area contributed by atoms with Crippen LogP contribution in [0.4, 0.5) is 4.79 Å². The molecule has 2 rings (SSSR count). The maximum Gasteiger partial charge on any atom is 0.317 e. The lowest BCUT2D eigenvalue weighted by Gasteiger charge is -2.45. The van der Waals surface area contributed by atoms with E-state index in [-0.39, 0.29) is 23.8 Å². The van der Waals surface area contributed by atoms with Crippen molar-refractivity contribution in [2.24, 2.45) is 0 Å². The van der Waals surface area contributed by atoms with Gasteiger partial charge < -0.3 is 15.0 Å². The number of ether oxygens (including phenoxy) is 1. The monoisotopic (exact) mass is 347 g/mol. The van der Waals surface area contributed by atoms with Gasteiger partial charge in [-0.3, -0.25) is 4.90 Å². The summed E-state index contributed by atoms with van der Waals surface area (Å²) in [5, 5.41) is 3.09. The highest BCUT2D eigenvalue weighted by Gasteiger charge is 2.33. The van der Waals surface area contributed by atoms with Gasteiger partial charge in [0.05, 0.1) is 12.2 Å². The average Bonchev–Trinajstić information content (AvgIpc) is 2.54. The predicted molar refractivity (Wildman–Crippen MR) is 102 cm³/mol. The van der Waals surface area contributed by atoms with Gasteiger partial charge in [0.15, 0.2) is 0 Å². The molecule has 5 heteroatoms. The molecular weight excluding hydrogens is 314 g/mol. The number of nitrogens with one attached hydrogen (secondary N) is 1. The van der Waals surface area contributed by atoms with Crippen LogP contribution >= 0.6 is 0 Å². The predicted octanol–water partition coefficient (Wildman–Crippen LogP) is 3.02. The molecule has 0 spiro atoms. The van der Waals surface area contributed by atoms with E-state index in [1.807, 2.05) is 19.2 Å². The number of aryl methyl sites for hydroxylation is 1. The lowest BCUT2D eigenvalue weighted by Crippen LogP contribution is -2.59. The molecule has 140 valence electrons. The minimum Gasteiger partial charge on any atom is -0.373 e. The van der Waals surface area contributed by atoms with Crippen LogP contribution in [0.25, 0.3) is 0 Å². The summed E-state index contributed by atoms with van der Waals surface area (Å²) in [6, 6.07) is 8.14. The molecule has 1 N–H and O–H groups in total. The van der Waals surface area contributed by atoms with Gasteiger partial charge in [-0.25, -0.2) is 4.79 Å². The van der Waals surface area contributed by atoms with Crippen LogP contribution in [0.3, 0.4) is 0 Å². The summed E-state index contributed by atoms with van der Waals surface area (Å²) < 4.78 is 5.82. The Kier molecular flexibility index (Phi) is 6.47. The summed E-state index contributed by atoms with van der Waals surface area (Å²) in [6.07, 6.45) is 0.449. The summed E-state index contributed by atoms with van der Waals surface area (Å²) >= 11 is 0. The number of rotatable bonds is 5. The zero-order chi connectivity index (χ0) is 18.6. The first kappa shape index (κ1) is 19.7. The maximum absolute atomic E-state index is 12.5. The number of morpholine rings is 1. The molecule has 0 aromatic heterocycles. The zero-order valence-corrected chi connectivity index (χ0v) is 16.5. The second-order valence-electron chi connectivity index (χ2n) is 7.92. The minimum atomic E-state index is -0.106. The molecule has 1 fully saturated rings. The lowest BCUT2D eigenvalue weighted by molar-refractivity contribution is -0.0948. The molecule has 0 aliphatic carbocycles. The van der Waals surface area contributed by atoms with Crippen LogP contribution in [0.15, 0.2) is 24.3 Å². The number of amides is 2. The first-order chi connectivity index (χ1) is 11.7.